The van der Waals surface area contributed by atoms with Crippen LogP contribution in [0.4, 0.5) is 5.69 Å². The molecule has 49 heavy (non-hydrogen) atoms. The molecule has 0 saturated heterocycles. The van der Waals surface area contributed by atoms with Gasteiger partial charge in [0.1, 0.15) is 18.3 Å². The molecule has 258 valence electrons. The van der Waals surface area contributed by atoms with Crippen molar-refractivity contribution in [2.45, 2.75) is 69.0 Å². The highest BCUT2D eigenvalue weighted by molar-refractivity contribution is 7.92. The number of aryl methyl sites for hydroxylation is 1. The van der Waals surface area contributed by atoms with Gasteiger partial charge in [0.2, 0.25) is 11.8 Å². The maximum atomic E-state index is 14.8. The highest BCUT2D eigenvalue weighted by Crippen LogP contribution is 2.30. The van der Waals surface area contributed by atoms with Crippen LogP contribution in [0.25, 0.3) is 0 Å². The quantitative estimate of drug-likeness (QED) is 0.154. The molecule has 1 atom stereocenters. The second-order valence-electron chi connectivity index (χ2n) is 12.3. The van der Waals surface area contributed by atoms with Crippen LogP contribution in [0.5, 0.6) is 5.75 Å². The second-order valence-corrected chi connectivity index (χ2v) is 15.0. The van der Waals surface area contributed by atoms with E-state index in [0.717, 1.165) is 47.5 Å². The summed E-state index contributed by atoms with van der Waals surface area (Å²) in [5.41, 5.74) is 2.41. The van der Waals surface area contributed by atoms with Gasteiger partial charge in [0.25, 0.3) is 10.0 Å². The van der Waals surface area contributed by atoms with Crippen molar-refractivity contribution < 1.29 is 22.7 Å². The van der Waals surface area contributed by atoms with E-state index in [2.05, 4.69) is 5.32 Å². The van der Waals surface area contributed by atoms with Crippen molar-refractivity contribution in [3.05, 3.63) is 124 Å². The van der Waals surface area contributed by atoms with Gasteiger partial charge in [-0.2, -0.15) is 0 Å². The lowest BCUT2D eigenvalue weighted by Gasteiger charge is -2.35. The monoisotopic (exact) mass is 721 g/mol. The maximum Gasteiger partial charge on any atom is 0.264 e. The molecule has 1 N–H and O–H groups in total. The van der Waals surface area contributed by atoms with Crippen LogP contribution in [0.15, 0.2) is 102 Å². The first-order valence-electron chi connectivity index (χ1n) is 16.4. The van der Waals surface area contributed by atoms with Crippen molar-refractivity contribution >= 4 is 50.7 Å². The molecule has 11 heteroatoms. The number of hydrogen-bond acceptors (Lipinski definition) is 5. The van der Waals surface area contributed by atoms with E-state index in [1.165, 1.54) is 24.1 Å². The van der Waals surface area contributed by atoms with Gasteiger partial charge in [-0.15, -0.1) is 0 Å². The van der Waals surface area contributed by atoms with Crippen LogP contribution in [-0.4, -0.2) is 50.9 Å². The zero-order valence-corrected chi connectivity index (χ0v) is 30.0. The van der Waals surface area contributed by atoms with Gasteiger partial charge in [-0.1, -0.05) is 103 Å². The van der Waals surface area contributed by atoms with Crippen LogP contribution in [0, 0.1) is 6.92 Å². The van der Waals surface area contributed by atoms with Crippen LogP contribution >= 0.6 is 23.2 Å². The molecule has 0 bridgehead atoms. The number of nitrogens with one attached hydrogen (secondary N) is 1. The Balaban J connectivity index is 1.60. The summed E-state index contributed by atoms with van der Waals surface area (Å²) in [5.74, 6) is -0.501. The molecule has 4 aromatic rings. The third-order valence-corrected chi connectivity index (χ3v) is 11.3. The number of ether oxygens (including phenoxy) is 1. The first-order chi connectivity index (χ1) is 23.6. The average molecular weight is 723 g/mol. The van der Waals surface area contributed by atoms with Crippen molar-refractivity contribution in [3.8, 4) is 5.75 Å². The fourth-order valence-corrected chi connectivity index (χ4v) is 8.01. The van der Waals surface area contributed by atoms with E-state index in [1.54, 1.807) is 54.6 Å². The fourth-order valence-electron chi connectivity index (χ4n) is 6.08. The van der Waals surface area contributed by atoms with E-state index in [1.807, 2.05) is 37.3 Å². The first kappa shape index (κ1) is 36.2. The molecule has 8 nitrogen and oxygen atoms in total. The molecular formula is C38H41Cl2N3O5S. The van der Waals surface area contributed by atoms with Crippen molar-refractivity contribution in [2.75, 3.05) is 18.0 Å². The van der Waals surface area contributed by atoms with Gasteiger partial charge in [-0.05, 0) is 61.7 Å². The summed E-state index contributed by atoms with van der Waals surface area (Å²) in [6, 6.07) is 26.4. The number of carbonyl (C=O) groups is 2. The minimum atomic E-state index is -4.26. The molecule has 0 heterocycles. The van der Waals surface area contributed by atoms with Crippen LogP contribution in [-0.2, 0) is 32.6 Å². The summed E-state index contributed by atoms with van der Waals surface area (Å²) in [6.45, 7) is 1.14. The molecule has 1 unspecified atom stereocenters. The van der Waals surface area contributed by atoms with Crippen LogP contribution in [0.3, 0.4) is 0 Å². The molecule has 1 aliphatic rings. The first-order valence-corrected chi connectivity index (χ1v) is 18.6. The zero-order valence-electron chi connectivity index (χ0n) is 27.6. The molecule has 5 rings (SSSR count). The fraction of sp³-hybridized carbons (Fsp3) is 0.316. The van der Waals surface area contributed by atoms with Gasteiger partial charge in [0.15, 0.2) is 0 Å². The van der Waals surface area contributed by atoms with Gasteiger partial charge in [-0.25, -0.2) is 8.42 Å². The van der Waals surface area contributed by atoms with Gasteiger partial charge in [-0.3, -0.25) is 13.9 Å². The Bertz CT molecular complexity index is 1830. The molecule has 0 spiro atoms. The summed E-state index contributed by atoms with van der Waals surface area (Å²) < 4.78 is 35.1. The number of nitrogens with zero attached hydrogens (tertiary/aromatic N) is 2. The number of anilines is 1. The predicted molar refractivity (Wildman–Crippen MR) is 195 cm³/mol. The van der Waals surface area contributed by atoms with Crippen LogP contribution in [0.2, 0.25) is 10.0 Å². The number of sulfonamides is 1. The van der Waals surface area contributed by atoms with Crippen molar-refractivity contribution in [3.63, 3.8) is 0 Å². The van der Waals surface area contributed by atoms with E-state index in [-0.39, 0.29) is 35.5 Å². The average Bonchev–Trinajstić information content (AvgIpc) is 3.10. The minimum Gasteiger partial charge on any atom is -0.497 e. The van der Waals surface area contributed by atoms with Crippen molar-refractivity contribution in [1.82, 2.24) is 10.2 Å². The summed E-state index contributed by atoms with van der Waals surface area (Å²) in [5, 5.41) is 3.86. The lowest BCUT2D eigenvalue weighted by molar-refractivity contribution is -0.140. The third kappa shape index (κ3) is 9.15. The number of benzene rings is 4. The minimum absolute atomic E-state index is 0.0180. The molecule has 1 fully saturated rings. The number of methoxy groups -OCH3 is 1. The largest absolute Gasteiger partial charge is 0.497 e. The molecule has 1 aliphatic carbocycles. The molecule has 0 aromatic heterocycles. The Hall–Kier alpha value is -4.05. The normalized spacial score (nSPS) is 14.1. The molecular weight excluding hydrogens is 681 g/mol. The van der Waals surface area contributed by atoms with E-state index in [4.69, 9.17) is 27.9 Å². The molecule has 1 saturated carbocycles. The molecule has 0 aliphatic heterocycles. The summed E-state index contributed by atoms with van der Waals surface area (Å²) >= 11 is 13.3. The van der Waals surface area contributed by atoms with Crippen molar-refractivity contribution in [2.24, 2.45) is 0 Å². The number of halogens is 2. The highest BCUT2D eigenvalue weighted by atomic mass is 35.5. The SMILES string of the molecule is COc1cccc(N(CC(=O)N(Cc2c(Cl)cccc2Cl)C(Cc2ccccc2)C(=O)NC2CCCCC2)S(=O)(=O)c2ccc(C)cc2)c1. The smallest absolute Gasteiger partial charge is 0.264 e. The lowest BCUT2D eigenvalue weighted by atomic mass is 9.94. The third-order valence-electron chi connectivity index (χ3n) is 8.84. The maximum absolute atomic E-state index is 14.8. The summed E-state index contributed by atoms with van der Waals surface area (Å²) in [7, 11) is -2.78. The number of carbonyl (C=O) groups excluding carboxylic acids is 2. The topological polar surface area (TPSA) is 96.0 Å². The van der Waals surface area contributed by atoms with Gasteiger partial charge < -0.3 is 15.0 Å². The molecule has 4 aromatic carbocycles. The standard InChI is InChI=1S/C38H41Cl2N3O5S/c1-27-19-21-32(22-20-27)49(46,47)43(30-15-9-16-31(24-30)48-2)26-37(44)42(25-33-34(39)17-10-18-35(33)40)36(23-28-11-5-3-6-12-28)38(45)41-29-13-7-4-8-14-29/h3,5-6,9-12,15-22,24,29,36H,4,7-8,13-14,23,25-26H2,1-2H3,(H,41,45). The van der Waals surface area contributed by atoms with Gasteiger partial charge in [0, 0.05) is 40.7 Å². The lowest BCUT2D eigenvalue weighted by Crippen LogP contribution is -2.55. The number of amides is 2. The summed E-state index contributed by atoms with van der Waals surface area (Å²) in [6.07, 6.45) is 5.04. The predicted octanol–water partition coefficient (Wildman–Crippen LogP) is 7.59. The van der Waals surface area contributed by atoms with E-state index < -0.39 is 28.5 Å². The number of rotatable bonds is 13. The zero-order chi connectivity index (χ0) is 35.0. The van der Waals surface area contributed by atoms with Crippen molar-refractivity contribution in [1.29, 1.82) is 0 Å². The molecule has 0 radical (unpaired) electrons. The second kappa shape index (κ2) is 16.6. The van der Waals surface area contributed by atoms with Crippen LogP contribution < -0.4 is 14.4 Å². The Labute approximate surface area is 299 Å². The Morgan fingerprint density at radius 3 is 2.18 bits per heavy atom. The Morgan fingerprint density at radius 2 is 1.53 bits per heavy atom. The summed E-state index contributed by atoms with van der Waals surface area (Å²) in [4.78, 5) is 30.5. The molecule has 2 amide bonds. The van der Waals surface area contributed by atoms with E-state index in [9.17, 15) is 18.0 Å². The Morgan fingerprint density at radius 1 is 0.878 bits per heavy atom. The van der Waals surface area contributed by atoms with Gasteiger partial charge >= 0.3 is 0 Å². The Kier molecular flexibility index (Phi) is 12.3. The van der Waals surface area contributed by atoms with E-state index >= 15 is 0 Å². The van der Waals surface area contributed by atoms with Gasteiger partial charge in [0.05, 0.1) is 17.7 Å². The van der Waals surface area contributed by atoms with E-state index in [0.29, 0.717) is 21.4 Å². The number of hydrogen-bond donors (Lipinski definition) is 1. The highest BCUT2D eigenvalue weighted by Gasteiger charge is 2.36. The van der Waals surface area contributed by atoms with Crippen LogP contribution in [0.1, 0.15) is 48.8 Å².